The molecule has 28 heavy (non-hydrogen) atoms. The first-order valence-corrected chi connectivity index (χ1v) is 9.98. The summed E-state index contributed by atoms with van der Waals surface area (Å²) in [7, 11) is -3.69. The number of nitrogens with zero attached hydrogens (tertiary/aromatic N) is 1. The minimum absolute atomic E-state index is 0.0477. The number of sulfonamides is 1. The number of benzene rings is 2. The van der Waals surface area contributed by atoms with Crippen molar-refractivity contribution >= 4 is 26.7 Å². The van der Waals surface area contributed by atoms with Crippen molar-refractivity contribution in [3.63, 3.8) is 0 Å². The number of Topliss-reactive ketones (excluding diaryl/α,β-unsaturated/α-hetero) is 1. The average molecular weight is 394 g/mol. The Morgan fingerprint density at radius 3 is 2.57 bits per heavy atom. The maximum Gasteiger partial charge on any atom is 0.241 e. The topological polar surface area (TPSA) is 85.4 Å². The Morgan fingerprint density at radius 2 is 1.82 bits per heavy atom. The van der Waals surface area contributed by atoms with E-state index in [1.807, 2.05) is 30.3 Å². The Hall–Kier alpha value is -3.21. The first-order valence-electron chi connectivity index (χ1n) is 8.50. The van der Waals surface area contributed by atoms with Crippen LogP contribution in [0.5, 0.6) is 5.75 Å². The molecule has 6 nitrogen and oxygen atoms in total. The molecular formula is C21H18N2O4S. The van der Waals surface area contributed by atoms with Gasteiger partial charge in [0.25, 0.3) is 0 Å². The molecule has 142 valence electrons. The molecule has 0 aliphatic rings. The smallest absolute Gasteiger partial charge is 0.241 e. The maximum atomic E-state index is 12.2. The number of ketones is 1. The molecule has 1 N–H and O–H groups in total. The van der Waals surface area contributed by atoms with Gasteiger partial charge < -0.3 is 4.74 Å². The normalized spacial score (nSPS) is 10.9. The monoisotopic (exact) mass is 394 g/mol. The summed E-state index contributed by atoms with van der Waals surface area (Å²) < 4.78 is 32.4. The summed E-state index contributed by atoms with van der Waals surface area (Å²) in [6.45, 7) is 1.49. The van der Waals surface area contributed by atoms with Crippen LogP contribution >= 0.6 is 0 Å². The van der Waals surface area contributed by atoms with E-state index >= 15 is 0 Å². The largest absolute Gasteiger partial charge is 0.479 e. The van der Waals surface area contributed by atoms with Crippen LogP contribution in [0.4, 0.5) is 0 Å². The van der Waals surface area contributed by atoms with E-state index in [9.17, 15) is 13.2 Å². The molecule has 0 amide bonds. The SMILES string of the molecule is CC(=O)c1ccc(S(=O)(=O)NCC#CCOc2cccc3cccnc23)cc1. The van der Waals surface area contributed by atoms with Crippen molar-refractivity contribution in [1.82, 2.24) is 9.71 Å². The summed E-state index contributed by atoms with van der Waals surface area (Å²) in [6, 6.07) is 15.2. The number of fused-ring (bicyclic) bond motifs is 1. The summed E-state index contributed by atoms with van der Waals surface area (Å²) >= 11 is 0. The number of aromatic nitrogens is 1. The molecule has 1 heterocycles. The zero-order valence-corrected chi connectivity index (χ0v) is 16.0. The van der Waals surface area contributed by atoms with Crippen LogP contribution in [0, 0.1) is 11.8 Å². The number of hydrogen-bond donors (Lipinski definition) is 1. The van der Waals surface area contributed by atoms with Crippen molar-refractivity contribution in [1.29, 1.82) is 0 Å². The lowest BCUT2D eigenvalue weighted by molar-refractivity contribution is 0.101. The van der Waals surface area contributed by atoms with Gasteiger partial charge in [-0.15, -0.1) is 0 Å². The first kappa shape index (κ1) is 19.5. The van der Waals surface area contributed by atoms with E-state index in [1.54, 1.807) is 6.20 Å². The van der Waals surface area contributed by atoms with Crippen molar-refractivity contribution in [3.05, 3.63) is 66.4 Å². The summed E-state index contributed by atoms with van der Waals surface area (Å²) in [5.41, 5.74) is 1.21. The number of nitrogens with one attached hydrogen (secondary N) is 1. The Bertz CT molecular complexity index is 1150. The molecule has 0 atom stereocenters. The van der Waals surface area contributed by atoms with Crippen LogP contribution in [0.3, 0.4) is 0 Å². The molecule has 0 bridgehead atoms. The molecule has 0 unspecified atom stereocenters. The van der Waals surface area contributed by atoms with Gasteiger partial charge in [-0.1, -0.05) is 42.2 Å². The molecule has 0 radical (unpaired) electrons. The molecule has 0 aliphatic carbocycles. The minimum Gasteiger partial charge on any atom is -0.479 e. The van der Waals surface area contributed by atoms with Crippen LogP contribution in [0.15, 0.2) is 65.7 Å². The molecule has 0 saturated heterocycles. The van der Waals surface area contributed by atoms with Gasteiger partial charge in [0.1, 0.15) is 17.9 Å². The molecule has 0 saturated carbocycles. The Kier molecular flexibility index (Phi) is 6.04. The van der Waals surface area contributed by atoms with E-state index in [-0.39, 0.29) is 23.8 Å². The van der Waals surface area contributed by atoms with Crippen LogP contribution in [0.25, 0.3) is 10.9 Å². The van der Waals surface area contributed by atoms with Crippen LogP contribution in [0.2, 0.25) is 0 Å². The summed E-state index contributed by atoms with van der Waals surface area (Å²) in [6.07, 6.45) is 1.69. The van der Waals surface area contributed by atoms with E-state index < -0.39 is 10.0 Å². The quantitative estimate of drug-likeness (QED) is 0.513. The molecule has 0 aliphatic heterocycles. The van der Waals surface area contributed by atoms with E-state index in [4.69, 9.17) is 4.74 Å². The summed E-state index contributed by atoms with van der Waals surface area (Å²) in [4.78, 5) is 15.6. The van der Waals surface area contributed by atoms with Gasteiger partial charge in [-0.25, -0.2) is 8.42 Å². The Morgan fingerprint density at radius 1 is 1.07 bits per heavy atom. The second kappa shape index (κ2) is 8.65. The average Bonchev–Trinajstić information content (AvgIpc) is 2.70. The van der Waals surface area contributed by atoms with Crippen molar-refractivity contribution in [2.45, 2.75) is 11.8 Å². The van der Waals surface area contributed by atoms with Gasteiger partial charge in [-0.3, -0.25) is 9.78 Å². The third-order valence-corrected chi connectivity index (χ3v) is 5.36. The predicted molar refractivity (Wildman–Crippen MR) is 107 cm³/mol. The fourth-order valence-corrected chi connectivity index (χ4v) is 3.43. The van der Waals surface area contributed by atoms with Gasteiger partial charge in [0.05, 0.1) is 11.4 Å². The number of carbonyl (C=O) groups is 1. The Labute approximate surface area is 163 Å². The van der Waals surface area contributed by atoms with E-state index in [0.29, 0.717) is 11.3 Å². The number of para-hydroxylation sites is 1. The first-order chi connectivity index (χ1) is 13.5. The predicted octanol–water partition coefficient (Wildman–Crippen LogP) is 2.80. The lowest BCUT2D eigenvalue weighted by Crippen LogP contribution is -2.24. The lowest BCUT2D eigenvalue weighted by Gasteiger charge is -2.05. The van der Waals surface area contributed by atoms with Gasteiger partial charge in [-0.2, -0.15) is 4.72 Å². The van der Waals surface area contributed by atoms with Gasteiger partial charge >= 0.3 is 0 Å². The molecule has 3 aromatic rings. The van der Waals surface area contributed by atoms with Crippen molar-refractivity contribution in [2.75, 3.05) is 13.2 Å². The summed E-state index contributed by atoms with van der Waals surface area (Å²) in [5, 5.41) is 0.969. The molecule has 1 aromatic heterocycles. The van der Waals surface area contributed by atoms with Crippen LogP contribution in [-0.2, 0) is 10.0 Å². The Balaban J connectivity index is 1.55. The maximum absolute atomic E-state index is 12.2. The highest BCUT2D eigenvalue weighted by Gasteiger charge is 2.13. The number of hydrogen-bond acceptors (Lipinski definition) is 5. The fraction of sp³-hybridized carbons (Fsp3) is 0.143. The van der Waals surface area contributed by atoms with Crippen molar-refractivity contribution < 1.29 is 17.9 Å². The van der Waals surface area contributed by atoms with Crippen LogP contribution < -0.4 is 9.46 Å². The molecule has 7 heteroatoms. The van der Waals surface area contributed by atoms with E-state index in [0.717, 1.165) is 10.9 Å². The standard InChI is InChI=1S/C21H18N2O4S/c1-16(24)17-9-11-19(12-10-17)28(25,26)23-14-2-3-15-27-20-8-4-6-18-7-5-13-22-21(18)20/h4-13,23H,14-15H2,1H3. The molecule has 3 rings (SSSR count). The van der Waals surface area contributed by atoms with Crippen LogP contribution in [0.1, 0.15) is 17.3 Å². The van der Waals surface area contributed by atoms with E-state index in [1.165, 1.54) is 31.2 Å². The summed E-state index contributed by atoms with van der Waals surface area (Å²) in [5.74, 6) is 6.00. The molecular weight excluding hydrogens is 376 g/mol. The zero-order valence-electron chi connectivity index (χ0n) is 15.2. The number of carbonyl (C=O) groups excluding carboxylic acids is 1. The molecule has 2 aromatic carbocycles. The van der Waals surface area contributed by atoms with Gasteiger partial charge in [-0.05, 0) is 31.2 Å². The third-order valence-electron chi connectivity index (χ3n) is 3.94. The highest BCUT2D eigenvalue weighted by molar-refractivity contribution is 7.89. The lowest BCUT2D eigenvalue weighted by atomic mass is 10.2. The number of pyridine rings is 1. The minimum atomic E-state index is -3.69. The number of ether oxygens (including phenoxy) is 1. The highest BCUT2D eigenvalue weighted by Crippen LogP contribution is 2.22. The van der Waals surface area contributed by atoms with Crippen LogP contribution in [-0.4, -0.2) is 32.3 Å². The number of rotatable bonds is 6. The van der Waals surface area contributed by atoms with Gasteiger partial charge in [0, 0.05) is 17.1 Å². The highest BCUT2D eigenvalue weighted by atomic mass is 32.2. The van der Waals surface area contributed by atoms with E-state index in [2.05, 4.69) is 21.5 Å². The van der Waals surface area contributed by atoms with Gasteiger partial charge in [0.15, 0.2) is 5.78 Å². The molecule has 0 spiro atoms. The fourth-order valence-electron chi connectivity index (χ4n) is 2.50. The second-order valence-corrected chi connectivity index (χ2v) is 7.65. The second-order valence-electron chi connectivity index (χ2n) is 5.88. The molecule has 0 fully saturated rings. The third kappa shape index (κ3) is 4.74. The van der Waals surface area contributed by atoms with Crippen molar-refractivity contribution in [2.24, 2.45) is 0 Å². The zero-order chi connectivity index (χ0) is 20.0. The van der Waals surface area contributed by atoms with Crippen molar-refractivity contribution in [3.8, 4) is 17.6 Å². The van der Waals surface area contributed by atoms with Gasteiger partial charge in [0.2, 0.25) is 10.0 Å².